The maximum Gasteiger partial charge on any atom is 0.329 e. The molecule has 0 atom stereocenters. The smallest absolute Gasteiger partial charge is 0.306 e. The molecule has 0 unspecified atom stereocenters. The minimum absolute atomic E-state index is 0.0340. The number of non-ortho nitro benzene ring substituents is 1. The van der Waals surface area contributed by atoms with Gasteiger partial charge in [-0.25, -0.2) is 4.79 Å². The van der Waals surface area contributed by atoms with E-state index in [0.29, 0.717) is 16.5 Å². The van der Waals surface area contributed by atoms with Gasteiger partial charge in [-0.3, -0.25) is 19.5 Å². The minimum Gasteiger partial charge on any atom is -0.306 e. The summed E-state index contributed by atoms with van der Waals surface area (Å²) in [5, 5.41) is 14.4. The first-order valence-electron chi connectivity index (χ1n) is 5.98. The number of benzene rings is 1. The molecule has 3 rings (SSSR count). The number of thiophene rings is 1. The molecule has 8 heteroatoms. The van der Waals surface area contributed by atoms with Crippen LogP contribution in [0.5, 0.6) is 0 Å². The number of nitrogens with one attached hydrogen (secondary N) is 1. The standard InChI is InChI=1S/C13H9N3O4S/c17-12-10-6-21-7-11(10)14-13(18)15(12)5-8-1-3-9(4-2-8)16(19)20/h1-4,6-7H,5H2,(H,14,18). The van der Waals surface area contributed by atoms with Gasteiger partial charge in [0.1, 0.15) is 0 Å². The number of hydrogen-bond acceptors (Lipinski definition) is 5. The largest absolute Gasteiger partial charge is 0.329 e. The summed E-state index contributed by atoms with van der Waals surface area (Å²) < 4.78 is 1.08. The van der Waals surface area contributed by atoms with Crippen LogP contribution < -0.4 is 11.2 Å². The van der Waals surface area contributed by atoms with Crippen LogP contribution in [-0.2, 0) is 6.54 Å². The molecule has 0 spiro atoms. The van der Waals surface area contributed by atoms with Crippen molar-refractivity contribution < 1.29 is 4.92 Å². The van der Waals surface area contributed by atoms with Gasteiger partial charge in [0.2, 0.25) is 0 Å². The number of H-pyrrole nitrogens is 1. The van der Waals surface area contributed by atoms with Gasteiger partial charge in [-0.05, 0) is 5.56 Å². The van der Waals surface area contributed by atoms with Crippen molar-refractivity contribution in [3.63, 3.8) is 0 Å². The fraction of sp³-hybridized carbons (Fsp3) is 0.0769. The Labute approximate surface area is 121 Å². The number of fused-ring (bicyclic) bond motifs is 1. The molecule has 0 fully saturated rings. The Morgan fingerprint density at radius 2 is 1.90 bits per heavy atom. The fourth-order valence-corrected chi connectivity index (χ4v) is 2.78. The highest BCUT2D eigenvalue weighted by molar-refractivity contribution is 7.09. The van der Waals surface area contributed by atoms with Crippen molar-refractivity contribution in [1.82, 2.24) is 9.55 Å². The Hall–Kier alpha value is -2.74. The van der Waals surface area contributed by atoms with E-state index in [9.17, 15) is 19.7 Å². The van der Waals surface area contributed by atoms with E-state index >= 15 is 0 Å². The van der Waals surface area contributed by atoms with E-state index < -0.39 is 10.6 Å². The van der Waals surface area contributed by atoms with Crippen LogP contribution >= 0.6 is 11.3 Å². The molecule has 2 aromatic heterocycles. The van der Waals surface area contributed by atoms with Crippen LogP contribution in [0.3, 0.4) is 0 Å². The van der Waals surface area contributed by atoms with Gasteiger partial charge < -0.3 is 4.98 Å². The lowest BCUT2D eigenvalue weighted by Crippen LogP contribution is -2.34. The van der Waals surface area contributed by atoms with E-state index in [0.717, 1.165) is 4.57 Å². The van der Waals surface area contributed by atoms with Crippen molar-refractivity contribution in [2.45, 2.75) is 6.54 Å². The average Bonchev–Trinajstić information content (AvgIpc) is 2.92. The normalized spacial score (nSPS) is 10.9. The predicted molar refractivity (Wildman–Crippen MR) is 78.9 cm³/mol. The highest BCUT2D eigenvalue weighted by atomic mass is 32.1. The van der Waals surface area contributed by atoms with Crippen LogP contribution in [-0.4, -0.2) is 14.5 Å². The van der Waals surface area contributed by atoms with Gasteiger partial charge >= 0.3 is 5.69 Å². The summed E-state index contributed by atoms with van der Waals surface area (Å²) in [6.07, 6.45) is 0. The molecular formula is C13H9N3O4S. The lowest BCUT2D eigenvalue weighted by molar-refractivity contribution is -0.384. The molecule has 106 valence electrons. The van der Waals surface area contributed by atoms with E-state index in [1.54, 1.807) is 10.8 Å². The summed E-state index contributed by atoms with van der Waals surface area (Å²) in [7, 11) is 0. The zero-order valence-electron chi connectivity index (χ0n) is 10.6. The SMILES string of the molecule is O=c1[nH]c2cscc2c(=O)n1Cc1ccc([N+](=O)[O-])cc1. The van der Waals surface area contributed by atoms with Crippen LogP contribution in [0.2, 0.25) is 0 Å². The third-order valence-corrected chi connectivity index (χ3v) is 3.86. The number of nitrogens with zero attached hydrogens (tertiary/aromatic N) is 2. The van der Waals surface area contributed by atoms with E-state index in [1.165, 1.54) is 35.6 Å². The molecule has 0 aliphatic rings. The maximum atomic E-state index is 12.2. The maximum absolute atomic E-state index is 12.2. The molecule has 0 aliphatic heterocycles. The number of nitro benzene ring substituents is 1. The minimum atomic E-state index is -0.500. The molecule has 0 radical (unpaired) electrons. The first-order chi connectivity index (χ1) is 10.1. The molecular weight excluding hydrogens is 294 g/mol. The van der Waals surface area contributed by atoms with Crippen molar-refractivity contribution in [3.05, 3.63) is 71.5 Å². The second-order valence-corrected chi connectivity index (χ2v) is 5.19. The lowest BCUT2D eigenvalue weighted by atomic mass is 10.2. The molecule has 0 amide bonds. The van der Waals surface area contributed by atoms with Crippen molar-refractivity contribution >= 4 is 27.9 Å². The van der Waals surface area contributed by atoms with Crippen molar-refractivity contribution in [2.75, 3.05) is 0 Å². The van der Waals surface area contributed by atoms with Gasteiger partial charge in [-0.15, -0.1) is 11.3 Å². The summed E-state index contributed by atoms with van der Waals surface area (Å²) in [5.41, 5.74) is 0.267. The van der Waals surface area contributed by atoms with Crippen LogP contribution in [0.4, 0.5) is 5.69 Å². The Balaban J connectivity index is 2.03. The molecule has 0 aliphatic carbocycles. The molecule has 3 aromatic rings. The first-order valence-corrected chi connectivity index (χ1v) is 6.93. The Bertz CT molecular complexity index is 936. The lowest BCUT2D eigenvalue weighted by Gasteiger charge is -2.04. The third kappa shape index (κ3) is 2.36. The summed E-state index contributed by atoms with van der Waals surface area (Å²) >= 11 is 1.34. The monoisotopic (exact) mass is 303 g/mol. The molecule has 7 nitrogen and oxygen atoms in total. The number of hydrogen-bond donors (Lipinski definition) is 1. The molecule has 1 aromatic carbocycles. The van der Waals surface area contributed by atoms with Crippen LogP contribution in [0.25, 0.3) is 10.9 Å². The van der Waals surface area contributed by atoms with Crippen molar-refractivity contribution in [2.24, 2.45) is 0 Å². The number of nitro groups is 1. The van der Waals surface area contributed by atoms with E-state index in [2.05, 4.69) is 4.98 Å². The van der Waals surface area contributed by atoms with Crippen molar-refractivity contribution in [3.8, 4) is 0 Å². The van der Waals surface area contributed by atoms with Crippen LogP contribution in [0, 0.1) is 10.1 Å². The van der Waals surface area contributed by atoms with E-state index in [1.807, 2.05) is 0 Å². The van der Waals surface area contributed by atoms with Crippen LogP contribution in [0.1, 0.15) is 5.56 Å². The van der Waals surface area contributed by atoms with Gasteiger partial charge in [0.25, 0.3) is 11.2 Å². The van der Waals surface area contributed by atoms with E-state index in [4.69, 9.17) is 0 Å². The second kappa shape index (κ2) is 4.98. The van der Waals surface area contributed by atoms with Crippen LogP contribution in [0.15, 0.2) is 44.6 Å². The quantitative estimate of drug-likeness (QED) is 0.588. The molecule has 0 saturated heterocycles. The number of rotatable bonds is 3. The fourth-order valence-electron chi connectivity index (χ4n) is 2.03. The summed E-state index contributed by atoms with van der Waals surface area (Å²) in [5.74, 6) is 0. The Morgan fingerprint density at radius 1 is 1.19 bits per heavy atom. The summed E-state index contributed by atoms with van der Waals surface area (Å²) in [6.45, 7) is 0.0674. The molecule has 0 saturated carbocycles. The number of aromatic nitrogens is 2. The zero-order chi connectivity index (χ0) is 15.0. The zero-order valence-corrected chi connectivity index (χ0v) is 11.4. The number of aromatic amines is 1. The Morgan fingerprint density at radius 3 is 2.57 bits per heavy atom. The molecule has 1 N–H and O–H groups in total. The summed E-state index contributed by atoms with van der Waals surface area (Å²) in [6, 6.07) is 5.75. The van der Waals surface area contributed by atoms with Gasteiger partial charge in [0.05, 0.1) is 22.4 Å². The van der Waals surface area contributed by atoms with Gasteiger partial charge in [-0.1, -0.05) is 12.1 Å². The van der Waals surface area contributed by atoms with Gasteiger partial charge in [-0.2, -0.15) is 0 Å². The molecule has 0 bridgehead atoms. The first kappa shape index (κ1) is 13.3. The molecule has 2 heterocycles. The van der Waals surface area contributed by atoms with Gasteiger partial charge in [0, 0.05) is 22.9 Å². The second-order valence-electron chi connectivity index (χ2n) is 4.44. The Kier molecular flexibility index (Phi) is 3.15. The highest BCUT2D eigenvalue weighted by Gasteiger charge is 2.10. The van der Waals surface area contributed by atoms with Crippen molar-refractivity contribution in [1.29, 1.82) is 0 Å². The third-order valence-electron chi connectivity index (χ3n) is 3.11. The summed E-state index contributed by atoms with van der Waals surface area (Å²) in [4.78, 5) is 36.9. The van der Waals surface area contributed by atoms with Gasteiger partial charge in [0.15, 0.2) is 0 Å². The molecule has 21 heavy (non-hydrogen) atoms. The predicted octanol–water partition coefficient (Wildman–Crippen LogP) is 1.71. The van der Waals surface area contributed by atoms with E-state index in [-0.39, 0.29) is 17.8 Å². The highest BCUT2D eigenvalue weighted by Crippen LogP contribution is 2.13. The average molecular weight is 303 g/mol. The topological polar surface area (TPSA) is 98.0 Å².